The molecule has 0 aliphatic rings. The number of carbonyl (C=O) groups is 1. The summed E-state index contributed by atoms with van der Waals surface area (Å²) in [6.45, 7) is 0.492. The van der Waals surface area contributed by atoms with Gasteiger partial charge in [-0.05, 0) is 92.7 Å². The maximum atomic E-state index is 11.8. The van der Waals surface area contributed by atoms with Crippen LogP contribution in [0.4, 0.5) is 0 Å². The number of rotatable bonds is 6. The molecular weight excluding hydrogens is 638 g/mol. The standard InChI is InChI=1S/C19H13BrI2N2O3/c20-14-5-3-12(4-6-14)11-27-18-15(21)8-13(9-16(18)22)10-23-24-19(25)17-2-1-7-26-17/h1-10H,11H2,(H,24,25)/b23-10-. The van der Waals surface area contributed by atoms with Crippen molar-refractivity contribution in [2.45, 2.75) is 6.61 Å². The van der Waals surface area contributed by atoms with Crippen molar-refractivity contribution in [3.8, 4) is 5.75 Å². The molecule has 138 valence electrons. The third-order valence-corrected chi connectivity index (χ3v) is 5.57. The third kappa shape index (κ3) is 5.79. The first kappa shape index (κ1) is 20.3. The molecule has 8 heteroatoms. The minimum Gasteiger partial charge on any atom is -0.487 e. The van der Waals surface area contributed by atoms with E-state index in [4.69, 9.17) is 9.15 Å². The van der Waals surface area contributed by atoms with Crippen LogP contribution < -0.4 is 10.2 Å². The van der Waals surface area contributed by atoms with Gasteiger partial charge in [0.05, 0.1) is 19.6 Å². The highest BCUT2D eigenvalue weighted by Gasteiger charge is 2.10. The molecule has 0 saturated carbocycles. The van der Waals surface area contributed by atoms with E-state index >= 15 is 0 Å². The number of hydrogen-bond donors (Lipinski definition) is 1. The van der Waals surface area contributed by atoms with E-state index in [1.165, 1.54) is 6.26 Å². The first-order valence-corrected chi connectivity index (χ1v) is 10.7. The molecule has 3 aromatic rings. The van der Waals surface area contributed by atoms with Gasteiger partial charge in [0.2, 0.25) is 0 Å². The van der Waals surface area contributed by atoms with Crippen LogP contribution in [0.2, 0.25) is 0 Å². The van der Waals surface area contributed by atoms with E-state index in [9.17, 15) is 4.79 Å². The fourth-order valence-corrected chi connectivity index (χ4v) is 4.55. The number of hydrogen-bond acceptors (Lipinski definition) is 4. The van der Waals surface area contributed by atoms with Crippen molar-refractivity contribution in [3.05, 3.63) is 83.3 Å². The second-order valence-electron chi connectivity index (χ2n) is 5.41. The highest BCUT2D eigenvalue weighted by Crippen LogP contribution is 2.29. The fraction of sp³-hybridized carbons (Fsp3) is 0.0526. The fourth-order valence-electron chi connectivity index (χ4n) is 2.16. The molecule has 27 heavy (non-hydrogen) atoms. The molecule has 5 nitrogen and oxygen atoms in total. The summed E-state index contributed by atoms with van der Waals surface area (Å²) >= 11 is 7.89. The van der Waals surface area contributed by atoms with Crippen molar-refractivity contribution in [2.24, 2.45) is 5.10 Å². The predicted molar refractivity (Wildman–Crippen MR) is 124 cm³/mol. The molecule has 0 spiro atoms. The summed E-state index contributed by atoms with van der Waals surface area (Å²) in [7, 11) is 0. The van der Waals surface area contributed by atoms with Crippen LogP contribution in [-0.2, 0) is 6.61 Å². The maximum absolute atomic E-state index is 11.8. The van der Waals surface area contributed by atoms with Gasteiger partial charge in [-0.3, -0.25) is 4.79 Å². The molecular formula is C19H13BrI2N2O3. The number of benzene rings is 2. The maximum Gasteiger partial charge on any atom is 0.307 e. The SMILES string of the molecule is O=C(N/N=C\c1cc(I)c(OCc2ccc(Br)cc2)c(I)c1)c1ccco1. The molecule has 0 radical (unpaired) electrons. The molecule has 0 bridgehead atoms. The van der Waals surface area contributed by atoms with Crippen molar-refractivity contribution < 1.29 is 13.9 Å². The first-order chi connectivity index (χ1) is 13.0. The summed E-state index contributed by atoms with van der Waals surface area (Å²) in [5, 5.41) is 3.97. The summed E-state index contributed by atoms with van der Waals surface area (Å²) in [5.74, 6) is 0.652. The molecule has 1 aromatic heterocycles. The third-order valence-electron chi connectivity index (χ3n) is 3.44. The molecule has 0 fully saturated rings. The van der Waals surface area contributed by atoms with Gasteiger partial charge in [-0.1, -0.05) is 28.1 Å². The minimum absolute atomic E-state index is 0.216. The number of nitrogens with zero attached hydrogens (tertiary/aromatic N) is 1. The van der Waals surface area contributed by atoms with Crippen LogP contribution in [0.25, 0.3) is 0 Å². The summed E-state index contributed by atoms with van der Waals surface area (Å²) < 4.78 is 14.0. The average molecular weight is 651 g/mol. The average Bonchev–Trinajstić information content (AvgIpc) is 3.17. The molecule has 1 heterocycles. The Labute approximate surface area is 192 Å². The van der Waals surface area contributed by atoms with Gasteiger partial charge in [0.15, 0.2) is 5.76 Å². The smallest absolute Gasteiger partial charge is 0.307 e. The molecule has 0 atom stereocenters. The van der Waals surface area contributed by atoms with E-state index < -0.39 is 5.91 Å². The predicted octanol–water partition coefficient (Wildman–Crippen LogP) is 5.59. The molecule has 0 aliphatic heterocycles. The van der Waals surface area contributed by atoms with Gasteiger partial charge in [-0.25, -0.2) is 5.43 Å². The molecule has 0 saturated heterocycles. The molecule has 1 amide bonds. The minimum atomic E-state index is -0.393. The molecule has 0 unspecified atom stereocenters. The van der Waals surface area contributed by atoms with Crippen LogP contribution in [-0.4, -0.2) is 12.1 Å². The molecule has 1 N–H and O–H groups in total. The van der Waals surface area contributed by atoms with E-state index in [1.807, 2.05) is 36.4 Å². The lowest BCUT2D eigenvalue weighted by Gasteiger charge is -2.11. The zero-order chi connectivity index (χ0) is 19.2. The van der Waals surface area contributed by atoms with Crippen LogP contribution in [0.5, 0.6) is 5.75 Å². The van der Waals surface area contributed by atoms with E-state index in [0.29, 0.717) is 6.61 Å². The van der Waals surface area contributed by atoms with E-state index in [1.54, 1.807) is 18.3 Å². The summed E-state index contributed by atoms with van der Waals surface area (Å²) in [5.41, 5.74) is 4.39. The lowest BCUT2D eigenvalue weighted by Crippen LogP contribution is -2.16. The van der Waals surface area contributed by atoms with Gasteiger partial charge in [0, 0.05) is 4.47 Å². The van der Waals surface area contributed by atoms with Crippen molar-refractivity contribution in [2.75, 3.05) is 0 Å². The van der Waals surface area contributed by atoms with Crippen molar-refractivity contribution in [1.82, 2.24) is 5.43 Å². The van der Waals surface area contributed by atoms with E-state index in [2.05, 4.69) is 71.6 Å². The lowest BCUT2D eigenvalue weighted by molar-refractivity contribution is 0.0927. The number of furan rings is 1. The van der Waals surface area contributed by atoms with Gasteiger partial charge in [-0.15, -0.1) is 0 Å². The Morgan fingerprint density at radius 1 is 1.19 bits per heavy atom. The van der Waals surface area contributed by atoms with Crippen LogP contribution in [0.1, 0.15) is 21.7 Å². The van der Waals surface area contributed by atoms with Crippen LogP contribution in [0.15, 0.2) is 68.8 Å². The summed E-state index contributed by atoms with van der Waals surface area (Å²) in [6, 6.07) is 15.1. The van der Waals surface area contributed by atoms with E-state index in [0.717, 1.165) is 28.5 Å². The Balaban J connectivity index is 1.64. The van der Waals surface area contributed by atoms with Crippen LogP contribution >= 0.6 is 61.1 Å². The van der Waals surface area contributed by atoms with Gasteiger partial charge in [-0.2, -0.15) is 5.10 Å². The zero-order valence-electron chi connectivity index (χ0n) is 13.8. The van der Waals surface area contributed by atoms with Crippen molar-refractivity contribution in [3.63, 3.8) is 0 Å². The number of ether oxygens (including phenoxy) is 1. The summed E-state index contributed by atoms with van der Waals surface area (Å²) in [6.07, 6.45) is 3.03. The Morgan fingerprint density at radius 2 is 1.89 bits per heavy atom. The molecule has 0 aliphatic carbocycles. The number of amides is 1. The van der Waals surface area contributed by atoms with Gasteiger partial charge in [0.25, 0.3) is 0 Å². The largest absolute Gasteiger partial charge is 0.487 e. The normalized spacial score (nSPS) is 10.9. The van der Waals surface area contributed by atoms with Gasteiger partial charge >= 0.3 is 5.91 Å². The second kappa shape index (κ2) is 9.69. The Hall–Kier alpha value is -1.40. The highest BCUT2D eigenvalue weighted by molar-refractivity contribution is 14.1. The number of nitrogens with one attached hydrogen (secondary N) is 1. The number of carbonyl (C=O) groups excluding carboxylic acids is 1. The Kier molecular flexibility index (Phi) is 7.30. The monoisotopic (exact) mass is 650 g/mol. The molecule has 3 rings (SSSR count). The topological polar surface area (TPSA) is 63.8 Å². The summed E-state index contributed by atoms with van der Waals surface area (Å²) in [4.78, 5) is 11.8. The number of hydrazone groups is 1. The van der Waals surface area contributed by atoms with Gasteiger partial charge in [0.1, 0.15) is 12.4 Å². The van der Waals surface area contributed by atoms with Crippen molar-refractivity contribution in [1.29, 1.82) is 0 Å². The van der Waals surface area contributed by atoms with Crippen LogP contribution in [0, 0.1) is 7.14 Å². The lowest BCUT2D eigenvalue weighted by atomic mass is 10.2. The molecule has 2 aromatic carbocycles. The number of halogens is 3. The van der Waals surface area contributed by atoms with Crippen LogP contribution in [0.3, 0.4) is 0 Å². The zero-order valence-corrected chi connectivity index (χ0v) is 19.7. The quantitative estimate of drug-likeness (QED) is 0.215. The highest BCUT2D eigenvalue weighted by atomic mass is 127. The van der Waals surface area contributed by atoms with Crippen molar-refractivity contribution >= 4 is 73.2 Å². The Bertz CT molecular complexity index is 935. The van der Waals surface area contributed by atoms with E-state index in [-0.39, 0.29) is 5.76 Å². The Morgan fingerprint density at radius 3 is 2.52 bits per heavy atom. The second-order valence-corrected chi connectivity index (χ2v) is 8.65. The first-order valence-electron chi connectivity index (χ1n) is 7.76. The van der Waals surface area contributed by atoms with Gasteiger partial charge < -0.3 is 9.15 Å².